The van der Waals surface area contributed by atoms with Crippen LogP contribution in [0.4, 0.5) is 13.6 Å². The van der Waals surface area contributed by atoms with Crippen LogP contribution >= 0.6 is 0 Å². The number of carbonyl (C=O) groups excluding carboxylic acids is 2. The van der Waals surface area contributed by atoms with Gasteiger partial charge >= 0.3 is 11.8 Å². The maximum absolute atomic E-state index is 15.2. The van der Waals surface area contributed by atoms with E-state index in [-0.39, 0.29) is 35.5 Å². The summed E-state index contributed by atoms with van der Waals surface area (Å²) >= 11 is 0. The van der Waals surface area contributed by atoms with Crippen LogP contribution in [-0.2, 0) is 9.53 Å². The molecule has 4 heterocycles. The second-order valence-corrected chi connectivity index (χ2v) is 13.4. The van der Waals surface area contributed by atoms with E-state index in [2.05, 4.69) is 15.3 Å². The number of benzene rings is 1. The molecule has 1 fully saturated rings. The average molecular weight is 647 g/mol. The molecule has 47 heavy (non-hydrogen) atoms. The number of amides is 2. The summed E-state index contributed by atoms with van der Waals surface area (Å²) in [5, 5.41) is 2.94. The Kier molecular flexibility index (Phi) is 9.11. The molecule has 1 saturated heterocycles. The Bertz CT molecular complexity index is 1820. The maximum Gasteiger partial charge on any atom is 0.408 e. The molecule has 2 amide bonds. The zero-order valence-electron chi connectivity index (χ0n) is 26.8. The fourth-order valence-corrected chi connectivity index (χ4v) is 7.12. The number of H-pyrrole nitrogens is 1. The molecule has 0 bridgehead atoms. The summed E-state index contributed by atoms with van der Waals surface area (Å²) in [6, 6.07) is 10.6. The van der Waals surface area contributed by atoms with E-state index in [4.69, 9.17) is 9.72 Å². The van der Waals surface area contributed by atoms with Gasteiger partial charge in [-0.25, -0.2) is 23.4 Å². The van der Waals surface area contributed by atoms with Gasteiger partial charge in [0.25, 0.3) is 0 Å². The molecule has 0 spiro atoms. The Morgan fingerprint density at radius 2 is 1.70 bits per heavy atom. The van der Waals surface area contributed by atoms with Crippen LogP contribution in [0.25, 0.3) is 11.2 Å². The van der Waals surface area contributed by atoms with Gasteiger partial charge < -0.3 is 15.0 Å². The number of ether oxygens (including phenoxy) is 1. The van der Waals surface area contributed by atoms with Crippen molar-refractivity contribution < 1.29 is 23.1 Å². The van der Waals surface area contributed by atoms with Crippen molar-refractivity contribution in [3.05, 3.63) is 93.8 Å². The first-order valence-corrected chi connectivity index (χ1v) is 16.2. The zero-order valence-corrected chi connectivity index (χ0v) is 26.8. The van der Waals surface area contributed by atoms with Gasteiger partial charge in [0.05, 0.1) is 11.6 Å². The van der Waals surface area contributed by atoms with E-state index in [1.54, 1.807) is 55.9 Å². The molecule has 4 aromatic rings. The minimum absolute atomic E-state index is 0.0225. The van der Waals surface area contributed by atoms with Crippen molar-refractivity contribution in [1.29, 1.82) is 0 Å². The van der Waals surface area contributed by atoms with Gasteiger partial charge in [0.15, 0.2) is 17.3 Å². The number of halogens is 2. The molecular weight excluding hydrogens is 606 g/mol. The van der Waals surface area contributed by atoms with E-state index in [1.165, 1.54) is 6.07 Å². The molecule has 2 aliphatic rings. The van der Waals surface area contributed by atoms with Crippen molar-refractivity contribution >= 4 is 23.2 Å². The van der Waals surface area contributed by atoms with Gasteiger partial charge in [-0.1, -0.05) is 18.2 Å². The molecule has 248 valence electrons. The van der Waals surface area contributed by atoms with Crippen LogP contribution in [0.2, 0.25) is 0 Å². The van der Waals surface area contributed by atoms with Crippen LogP contribution < -0.4 is 11.0 Å². The van der Waals surface area contributed by atoms with Gasteiger partial charge in [-0.15, -0.1) is 0 Å². The molecule has 2 N–H and O–H groups in total. The minimum Gasteiger partial charge on any atom is -0.444 e. The van der Waals surface area contributed by atoms with Crippen LogP contribution in [0, 0.1) is 11.6 Å². The summed E-state index contributed by atoms with van der Waals surface area (Å²) in [4.78, 5) is 52.8. The molecular formula is C35H40F2N6O4. The fourth-order valence-electron chi connectivity index (χ4n) is 7.12. The third-order valence-electron chi connectivity index (χ3n) is 9.25. The second kappa shape index (κ2) is 13.2. The first-order valence-electron chi connectivity index (χ1n) is 16.2. The van der Waals surface area contributed by atoms with E-state index in [0.29, 0.717) is 56.4 Å². The number of carbonyl (C=O) groups is 2. The number of fused-ring (bicyclic) bond motifs is 2. The summed E-state index contributed by atoms with van der Waals surface area (Å²) in [5.41, 5.74) is 1.96. The van der Waals surface area contributed by atoms with Crippen molar-refractivity contribution in [3.63, 3.8) is 0 Å². The lowest BCUT2D eigenvalue weighted by Crippen LogP contribution is -2.40. The third kappa shape index (κ3) is 6.91. The number of imidazole rings is 1. The summed E-state index contributed by atoms with van der Waals surface area (Å²) in [5.74, 6) is -2.61. The van der Waals surface area contributed by atoms with Gasteiger partial charge in [-0.05, 0) is 88.3 Å². The first kappa shape index (κ1) is 32.3. The van der Waals surface area contributed by atoms with Crippen molar-refractivity contribution in [3.8, 4) is 0 Å². The zero-order chi connectivity index (χ0) is 33.3. The van der Waals surface area contributed by atoms with Crippen molar-refractivity contribution in [2.24, 2.45) is 0 Å². The second-order valence-electron chi connectivity index (χ2n) is 13.4. The number of hydrogen-bond donors (Lipinski definition) is 2. The number of pyridine rings is 2. The fraction of sp³-hybridized carbons (Fsp3) is 0.457. The van der Waals surface area contributed by atoms with E-state index >= 15 is 4.39 Å². The SMILES string of the molecule is CC(C)(C)OC(=O)N[C@@H]1c2cccnc2[C@H](CCC(=O)N2CCC(n3c(=O)[nH]c4ncccc43)CC2)CC[C@H]1c1cccc(F)c1F. The summed E-state index contributed by atoms with van der Waals surface area (Å²) in [6.45, 7) is 6.34. The molecule has 3 aromatic heterocycles. The molecule has 0 unspecified atom stereocenters. The number of rotatable bonds is 6. The largest absolute Gasteiger partial charge is 0.444 e. The quantitative estimate of drug-likeness (QED) is 0.238. The van der Waals surface area contributed by atoms with Gasteiger partial charge in [0.1, 0.15) is 5.60 Å². The van der Waals surface area contributed by atoms with Crippen LogP contribution in [0.1, 0.15) is 100 Å². The molecule has 3 atom stereocenters. The molecule has 0 radical (unpaired) electrons. The molecule has 6 rings (SSSR count). The summed E-state index contributed by atoms with van der Waals surface area (Å²) in [6.07, 6.45) is 5.74. The predicted molar refractivity (Wildman–Crippen MR) is 172 cm³/mol. The molecule has 10 nitrogen and oxygen atoms in total. The number of aromatic amines is 1. The Labute approximate surface area is 271 Å². The highest BCUT2D eigenvalue weighted by Crippen LogP contribution is 2.45. The van der Waals surface area contributed by atoms with E-state index in [1.807, 2.05) is 17.0 Å². The Morgan fingerprint density at radius 3 is 2.47 bits per heavy atom. The Hall–Kier alpha value is -4.61. The number of piperidine rings is 1. The Morgan fingerprint density at radius 1 is 0.979 bits per heavy atom. The molecule has 1 aliphatic carbocycles. The lowest BCUT2D eigenvalue weighted by molar-refractivity contribution is -0.132. The topological polar surface area (TPSA) is 122 Å². The number of nitrogens with one attached hydrogen (secondary N) is 2. The number of nitrogens with zero attached hydrogens (tertiary/aromatic N) is 4. The third-order valence-corrected chi connectivity index (χ3v) is 9.25. The van der Waals surface area contributed by atoms with E-state index < -0.39 is 35.3 Å². The number of aromatic nitrogens is 4. The molecule has 0 saturated carbocycles. The van der Waals surface area contributed by atoms with Gasteiger partial charge in [-0.2, -0.15) is 0 Å². The lowest BCUT2D eigenvalue weighted by Gasteiger charge is -2.33. The van der Waals surface area contributed by atoms with Crippen LogP contribution in [0.15, 0.2) is 59.7 Å². The summed E-state index contributed by atoms with van der Waals surface area (Å²) < 4.78 is 37.0. The van der Waals surface area contributed by atoms with Crippen molar-refractivity contribution in [2.45, 2.75) is 88.8 Å². The van der Waals surface area contributed by atoms with Crippen LogP contribution in [0.5, 0.6) is 0 Å². The average Bonchev–Trinajstić information content (AvgIpc) is 3.30. The van der Waals surface area contributed by atoms with E-state index in [9.17, 15) is 18.8 Å². The lowest BCUT2D eigenvalue weighted by atomic mass is 9.85. The van der Waals surface area contributed by atoms with Crippen molar-refractivity contribution in [1.82, 2.24) is 29.7 Å². The highest BCUT2D eigenvalue weighted by molar-refractivity contribution is 5.76. The minimum atomic E-state index is -0.952. The standard InChI is InChI=1S/C35H40F2N6O4/c1-35(2,3)47-34(46)40-31-24(23-7-4-9-26(36)29(23)37)13-11-21(30-25(31)8-5-17-38-30)12-14-28(44)42-19-15-22(16-20-42)43-27-10-6-18-39-32(27)41-33(43)45/h4-10,17-18,21-22,24,31H,11-16,19-20H2,1-3H3,(H,40,46)(H,39,41,45)/t21-,24-,31-/m0/s1. The van der Waals surface area contributed by atoms with Crippen molar-refractivity contribution in [2.75, 3.05) is 13.1 Å². The number of hydrogen-bond acceptors (Lipinski definition) is 6. The molecule has 12 heteroatoms. The van der Waals surface area contributed by atoms with Gasteiger partial charge in [-0.3, -0.25) is 19.3 Å². The number of alkyl carbamates (subject to hydrolysis) is 1. The monoisotopic (exact) mass is 646 g/mol. The smallest absolute Gasteiger partial charge is 0.408 e. The highest BCUT2D eigenvalue weighted by atomic mass is 19.2. The first-order chi connectivity index (χ1) is 22.5. The van der Waals surface area contributed by atoms with Gasteiger partial charge in [0.2, 0.25) is 5.91 Å². The highest BCUT2D eigenvalue weighted by Gasteiger charge is 2.37. The maximum atomic E-state index is 15.2. The van der Waals surface area contributed by atoms with Crippen LogP contribution in [-0.4, -0.2) is 55.1 Å². The molecule has 1 aromatic carbocycles. The van der Waals surface area contributed by atoms with E-state index in [0.717, 1.165) is 17.3 Å². The number of likely N-dealkylation sites (tertiary alicyclic amines) is 1. The predicted octanol–water partition coefficient (Wildman–Crippen LogP) is 6.27. The summed E-state index contributed by atoms with van der Waals surface area (Å²) in [7, 11) is 0. The normalized spacial score (nSPS) is 20.4. The molecule has 1 aliphatic heterocycles. The van der Waals surface area contributed by atoms with Gasteiger partial charge in [0, 0.05) is 55.5 Å². The van der Waals surface area contributed by atoms with Crippen LogP contribution in [0.3, 0.4) is 0 Å². The Balaban J connectivity index is 1.18.